The van der Waals surface area contributed by atoms with Crippen LogP contribution in [0.15, 0.2) is 0 Å². The van der Waals surface area contributed by atoms with Gasteiger partial charge in [0.15, 0.2) is 0 Å². The summed E-state index contributed by atoms with van der Waals surface area (Å²) in [6.07, 6.45) is 0.139. The quantitative estimate of drug-likeness (QED) is 0.742. The van der Waals surface area contributed by atoms with Crippen LogP contribution in [-0.2, 0) is 16.0 Å². The molecule has 17 heavy (non-hydrogen) atoms. The summed E-state index contributed by atoms with van der Waals surface area (Å²) in [4.78, 5) is 27.5. The largest absolute Gasteiger partial charge is 0.481 e. The van der Waals surface area contributed by atoms with Crippen LogP contribution in [0, 0.1) is 5.92 Å². The third kappa shape index (κ3) is 2.55. The molecule has 0 radical (unpaired) electrons. The Balaban J connectivity index is 2.10. The summed E-state index contributed by atoms with van der Waals surface area (Å²) in [5.41, 5.74) is 0. The van der Waals surface area contributed by atoms with E-state index in [1.165, 1.54) is 4.90 Å². The standard InChI is InChI=1S/C9H11ClN4O3/c10-3-5-1-7(15)14(4-5)9-11-6(12-13-9)2-8(16)17/h5H,1-4H2,(H,16,17)(H,11,12,13). The Kier molecular flexibility index (Phi) is 3.28. The van der Waals surface area contributed by atoms with Crippen molar-refractivity contribution in [2.75, 3.05) is 17.3 Å². The molecule has 92 valence electrons. The lowest BCUT2D eigenvalue weighted by Gasteiger charge is -2.10. The first-order valence-electron chi connectivity index (χ1n) is 5.09. The molecule has 7 nitrogen and oxygen atoms in total. The van der Waals surface area contributed by atoms with Crippen molar-refractivity contribution in [3.63, 3.8) is 0 Å². The highest BCUT2D eigenvalue weighted by Crippen LogP contribution is 2.22. The predicted octanol–water partition coefficient (Wildman–Crippen LogP) is 0.0235. The van der Waals surface area contributed by atoms with Gasteiger partial charge in [0.25, 0.3) is 5.95 Å². The molecule has 1 aromatic heterocycles. The van der Waals surface area contributed by atoms with Crippen LogP contribution in [-0.4, -0.2) is 44.6 Å². The van der Waals surface area contributed by atoms with E-state index in [0.717, 1.165) is 0 Å². The normalized spacial score (nSPS) is 19.9. The minimum atomic E-state index is -1.00. The van der Waals surface area contributed by atoms with Crippen LogP contribution < -0.4 is 4.90 Å². The topological polar surface area (TPSA) is 99.2 Å². The Bertz CT molecular complexity index is 447. The summed E-state index contributed by atoms with van der Waals surface area (Å²) in [7, 11) is 0. The van der Waals surface area contributed by atoms with Crippen molar-refractivity contribution in [1.29, 1.82) is 0 Å². The first-order valence-corrected chi connectivity index (χ1v) is 5.63. The van der Waals surface area contributed by atoms with Crippen LogP contribution in [0.5, 0.6) is 0 Å². The maximum absolute atomic E-state index is 11.6. The lowest BCUT2D eigenvalue weighted by Crippen LogP contribution is -2.25. The van der Waals surface area contributed by atoms with Gasteiger partial charge in [0.05, 0.1) is 0 Å². The second-order valence-electron chi connectivity index (χ2n) is 3.88. The number of nitrogens with zero attached hydrogens (tertiary/aromatic N) is 3. The number of H-pyrrole nitrogens is 1. The van der Waals surface area contributed by atoms with Gasteiger partial charge < -0.3 is 5.11 Å². The van der Waals surface area contributed by atoms with E-state index in [1.807, 2.05) is 0 Å². The molecule has 0 bridgehead atoms. The molecule has 0 aromatic carbocycles. The number of carbonyl (C=O) groups excluding carboxylic acids is 1. The molecule has 0 aliphatic carbocycles. The van der Waals surface area contributed by atoms with Crippen molar-refractivity contribution < 1.29 is 14.7 Å². The molecule has 1 aromatic rings. The van der Waals surface area contributed by atoms with Crippen LogP contribution in [0.2, 0.25) is 0 Å². The second-order valence-corrected chi connectivity index (χ2v) is 4.19. The average Bonchev–Trinajstić information content (AvgIpc) is 2.83. The molecular formula is C9H11ClN4O3. The molecule has 1 aliphatic rings. The summed E-state index contributed by atoms with van der Waals surface area (Å²) < 4.78 is 0. The third-order valence-electron chi connectivity index (χ3n) is 2.50. The fraction of sp³-hybridized carbons (Fsp3) is 0.556. The lowest BCUT2D eigenvalue weighted by molar-refractivity contribution is -0.136. The summed E-state index contributed by atoms with van der Waals surface area (Å²) >= 11 is 5.69. The first-order chi connectivity index (χ1) is 8.10. The molecule has 1 unspecified atom stereocenters. The summed E-state index contributed by atoms with van der Waals surface area (Å²) in [5.74, 6) is -0.121. The van der Waals surface area contributed by atoms with Crippen molar-refractivity contribution in [1.82, 2.24) is 15.2 Å². The Morgan fingerprint density at radius 2 is 2.41 bits per heavy atom. The number of aliphatic carboxylic acids is 1. The van der Waals surface area contributed by atoms with Gasteiger partial charge in [0.2, 0.25) is 5.91 Å². The molecule has 2 heterocycles. The van der Waals surface area contributed by atoms with Gasteiger partial charge in [-0.3, -0.25) is 19.6 Å². The van der Waals surface area contributed by atoms with E-state index in [-0.39, 0.29) is 30.0 Å². The third-order valence-corrected chi connectivity index (χ3v) is 2.94. The number of amides is 1. The molecule has 8 heteroatoms. The van der Waals surface area contributed by atoms with Crippen LogP contribution in [0.25, 0.3) is 0 Å². The zero-order valence-corrected chi connectivity index (χ0v) is 9.65. The molecular weight excluding hydrogens is 248 g/mol. The maximum atomic E-state index is 11.6. The number of halogens is 1. The monoisotopic (exact) mass is 258 g/mol. The lowest BCUT2D eigenvalue weighted by atomic mass is 10.2. The average molecular weight is 259 g/mol. The second kappa shape index (κ2) is 4.70. The molecule has 0 saturated carbocycles. The van der Waals surface area contributed by atoms with E-state index in [1.54, 1.807) is 0 Å². The number of anilines is 1. The molecule has 1 aliphatic heterocycles. The Morgan fingerprint density at radius 3 is 3.00 bits per heavy atom. The Hall–Kier alpha value is -1.63. The number of carboxylic acids is 1. The number of carbonyl (C=O) groups is 2. The van der Waals surface area contributed by atoms with Gasteiger partial charge in [-0.15, -0.1) is 16.7 Å². The molecule has 2 N–H and O–H groups in total. The molecule has 1 fully saturated rings. The van der Waals surface area contributed by atoms with Gasteiger partial charge in [0, 0.05) is 18.8 Å². The Labute approximate surface area is 102 Å². The number of hydrogen-bond donors (Lipinski definition) is 2. The van der Waals surface area contributed by atoms with E-state index in [0.29, 0.717) is 18.8 Å². The number of carboxylic acid groups (broad SMARTS) is 1. The minimum Gasteiger partial charge on any atom is -0.481 e. The number of alkyl halides is 1. The van der Waals surface area contributed by atoms with Gasteiger partial charge in [0.1, 0.15) is 12.2 Å². The van der Waals surface area contributed by atoms with Gasteiger partial charge in [-0.05, 0) is 5.92 Å². The van der Waals surface area contributed by atoms with Gasteiger partial charge >= 0.3 is 5.97 Å². The molecule has 1 saturated heterocycles. The highest BCUT2D eigenvalue weighted by molar-refractivity contribution is 6.18. The zero-order valence-electron chi connectivity index (χ0n) is 8.89. The number of nitrogens with one attached hydrogen (secondary N) is 1. The van der Waals surface area contributed by atoms with E-state index < -0.39 is 5.97 Å². The number of aromatic amines is 1. The van der Waals surface area contributed by atoms with Gasteiger partial charge in [-0.25, -0.2) is 0 Å². The zero-order chi connectivity index (χ0) is 12.4. The van der Waals surface area contributed by atoms with Crippen molar-refractivity contribution in [2.24, 2.45) is 5.92 Å². The van der Waals surface area contributed by atoms with E-state index in [4.69, 9.17) is 16.7 Å². The maximum Gasteiger partial charge on any atom is 0.311 e. The number of aromatic nitrogens is 3. The Morgan fingerprint density at radius 1 is 1.65 bits per heavy atom. The van der Waals surface area contributed by atoms with Crippen LogP contribution in [0.4, 0.5) is 5.95 Å². The SMILES string of the molecule is O=C(O)Cc1nc(N2CC(CCl)CC2=O)n[nH]1. The minimum absolute atomic E-state index is 0.0866. The summed E-state index contributed by atoms with van der Waals surface area (Å²) in [6, 6.07) is 0. The van der Waals surface area contributed by atoms with E-state index in [9.17, 15) is 9.59 Å². The van der Waals surface area contributed by atoms with Crippen molar-refractivity contribution >= 4 is 29.4 Å². The molecule has 0 spiro atoms. The summed E-state index contributed by atoms with van der Waals surface area (Å²) in [6.45, 7) is 0.479. The molecule has 1 atom stereocenters. The fourth-order valence-electron chi connectivity index (χ4n) is 1.71. The van der Waals surface area contributed by atoms with Crippen LogP contribution >= 0.6 is 11.6 Å². The van der Waals surface area contributed by atoms with Gasteiger partial charge in [-0.1, -0.05) is 0 Å². The molecule has 1 amide bonds. The van der Waals surface area contributed by atoms with Gasteiger partial charge in [-0.2, -0.15) is 4.98 Å². The van der Waals surface area contributed by atoms with Crippen molar-refractivity contribution in [3.05, 3.63) is 5.82 Å². The highest BCUT2D eigenvalue weighted by Gasteiger charge is 2.32. The van der Waals surface area contributed by atoms with E-state index >= 15 is 0 Å². The van der Waals surface area contributed by atoms with Crippen LogP contribution in [0.3, 0.4) is 0 Å². The smallest absolute Gasteiger partial charge is 0.311 e. The first kappa shape index (κ1) is 11.8. The highest BCUT2D eigenvalue weighted by atomic mass is 35.5. The van der Waals surface area contributed by atoms with Crippen molar-refractivity contribution in [2.45, 2.75) is 12.8 Å². The van der Waals surface area contributed by atoms with E-state index in [2.05, 4.69) is 15.2 Å². The van der Waals surface area contributed by atoms with Crippen molar-refractivity contribution in [3.8, 4) is 0 Å². The number of rotatable bonds is 4. The van der Waals surface area contributed by atoms with Crippen LogP contribution in [0.1, 0.15) is 12.2 Å². The number of hydrogen-bond acceptors (Lipinski definition) is 4. The fourth-order valence-corrected chi connectivity index (χ4v) is 1.91. The summed E-state index contributed by atoms with van der Waals surface area (Å²) in [5, 5.41) is 14.9. The predicted molar refractivity (Wildman–Crippen MR) is 58.9 cm³/mol. The molecule has 2 rings (SSSR count).